The van der Waals surface area contributed by atoms with Crippen molar-refractivity contribution in [2.45, 2.75) is 13.5 Å². The van der Waals surface area contributed by atoms with Gasteiger partial charge in [0.15, 0.2) is 11.5 Å². The number of ether oxygens (including phenoxy) is 1. The lowest BCUT2D eigenvalue weighted by atomic mass is 10.4. The molecule has 0 amide bonds. The van der Waals surface area contributed by atoms with E-state index in [0.717, 1.165) is 23.5 Å². The Bertz CT molecular complexity index is 702. The molecule has 0 aliphatic carbocycles. The summed E-state index contributed by atoms with van der Waals surface area (Å²) in [6, 6.07) is 8.15. The highest BCUT2D eigenvalue weighted by atomic mass is 32.1. The van der Waals surface area contributed by atoms with Crippen LogP contribution in [0.5, 0.6) is 0 Å². The van der Waals surface area contributed by atoms with Gasteiger partial charge in [0.25, 0.3) is 0 Å². The van der Waals surface area contributed by atoms with Crippen molar-refractivity contribution in [1.29, 1.82) is 0 Å². The van der Waals surface area contributed by atoms with Crippen LogP contribution < -0.4 is 0 Å². The molecule has 0 aliphatic rings. The Kier molecular flexibility index (Phi) is 3.31. The minimum absolute atomic E-state index is 0.652. The summed E-state index contributed by atoms with van der Waals surface area (Å²) in [6.07, 6.45) is 1.80. The van der Waals surface area contributed by atoms with Crippen LogP contribution in [-0.2, 0) is 11.3 Å². The fourth-order valence-corrected chi connectivity index (χ4v) is 2.96. The molecule has 98 valence electrons. The van der Waals surface area contributed by atoms with Crippen LogP contribution in [0.3, 0.4) is 0 Å². The van der Waals surface area contributed by atoms with Gasteiger partial charge in [-0.3, -0.25) is 0 Å². The predicted octanol–water partition coefficient (Wildman–Crippen LogP) is 3.11. The monoisotopic (exact) mass is 273 g/mol. The lowest BCUT2D eigenvalue weighted by Crippen LogP contribution is -2.06. The van der Waals surface area contributed by atoms with Crippen LogP contribution >= 0.6 is 11.3 Å². The number of aromatic nitrogens is 3. The number of hydrogen-bond donors (Lipinski definition) is 0. The normalized spacial score (nSPS) is 11.3. The van der Waals surface area contributed by atoms with Crippen LogP contribution in [0.15, 0.2) is 30.5 Å². The maximum absolute atomic E-state index is 5.19. The molecule has 0 aromatic carbocycles. The van der Waals surface area contributed by atoms with Gasteiger partial charge in [0.2, 0.25) is 0 Å². The minimum atomic E-state index is 0.652. The van der Waals surface area contributed by atoms with Crippen molar-refractivity contribution in [2.75, 3.05) is 13.7 Å². The second-order valence-electron chi connectivity index (χ2n) is 4.34. The van der Waals surface area contributed by atoms with E-state index in [1.807, 2.05) is 12.1 Å². The first kappa shape index (κ1) is 12.3. The highest BCUT2D eigenvalue weighted by Crippen LogP contribution is 2.29. The maximum Gasteiger partial charge on any atom is 0.160 e. The summed E-state index contributed by atoms with van der Waals surface area (Å²) in [5.74, 6) is 0.976. The van der Waals surface area contributed by atoms with E-state index < -0.39 is 0 Å². The molecule has 19 heavy (non-hydrogen) atoms. The third-order valence-electron chi connectivity index (χ3n) is 2.98. The van der Waals surface area contributed by atoms with Gasteiger partial charge in [-0.15, -0.1) is 11.3 Å². The van der Waals surface area contributed by atoms with Gasteiger partial charge in [0, 0.05) is 24.7 Å². The van der Waals surface area contributed by atoms with Gasteiger partial charge in [0.05, 0.1) is 11.5 Å². The molecule has 0 unspecified atom stereocenters. The Balaban J connectivity index is 2.16. The summed E-state index contributed by atoms with van der Waals surface area (Å²) in [6.45, 7) is 3.52. The summed E-state index contributed by atoms with van der Waals surface area (Å²) in [5, 5.41) is 0. The molecule has 0 saturated carbocycles. The molecule has 3 aromatic heterocycles. The van der Waals surface area contributed by atoms with Gasteiger partial charge in [0.1, 0.15) is 5.52 Å². The van der Waals surface area contributed by atoms with E-state index in [9.17, 15) is 0 Å². The molecule has 0 bridgehead atoms. The number of rotatable bonds is 4. The van der Waals surface area contributed by atoms with Crippen LogP contribution in [-0.4, -0.2) is 28.3 Å². The number of thiophene rings is 1. The molecule has 3 rings (SSSR count). The van der Waals surface area contributed by atoms with Crippen molar-refractivity contribution >= 4 is 22.5 Å². The molecule has 5 heteroatoms. The molecule has 0 radical (unpaired) electrons. The standard InChI is InChI=1S/C14H15N3OS/c1-10-5-6-12(19-10)14-16-11-4-3-7-15-13(11)17(14)8-9-18-2/h3-7H,8-9H2,1-2H3. The summed E-state index contributed by atoms with van der Waals surface area (Å²) >= 11 is 1.75. The molecule has 0 N–H and O–H groups in total. The average Bonchev–Trinajstić information content (AvgIpc) is 3.00. The zero-order valence-electron chi connectivity index (χ0n) is 11.0. The second kappa shape index (κ2) is 5.11. The van der Waals surface area contributed by atoms with E-state index in [2.05, 4.69) is 28.6 Å². The lowest BCUT2D eigenvalue weighted by Gasteiger charge is -2.06. The molecular weight excluding hydrogens is 258 g/mol. The molecule has 0 aliphatic heterocycles. The first-order chi connectivity index (χ1) is 9.29. The lowest BCUT2D eigenvalue weighted by molar-refractivity contribution is 0.188. The third kappa shape index (κ3) is 2.27. The number of imidazole rings is 1. The third-order valence-corrected chi connectivity index (χ3v) is 3.98. The van der Waals surface area contributed by atoms with Crippen LogP contribution in [0.2, 0.25) is 0 Å². The predicted molar refractivity (Wildman–Crippen MR) is 77.5 cm³/mol. The van der Waals surface area contributed by atoms with Gasteiger partial charge in [-0.1, -0.05) is 0 Å². The maximum atomic E-state index is 5.19. The summed E-state index contributed by atoms with van der Waals surface area (Å²) in [5.41, 5.74) is 1.85. The number of fused-ring (bicyclic) bond motifs is 1. The Morgan fingerprint density at radius 1 is 1.32 bits per heavy atom. The van der Waals surface area contributed by atoms with E-state index >= 15 is 0 Å². The topological polar surface area (TPSA) is 39.9 Å². The van der Waals surface area contributed by atoms with Crippen LogP contribution in [0, 0.1) is 6.92 Å². The molecule has 0 saturated heterocycles. The highest BCUT2D eigenvalue weighted by Gasteiger charge is 2.14. The zero-order chi connectivity index (χ0) is 13.2. The molecular formula is C14H15N3OS. The molecule has 3 heterocycles. The van der Waals surface area contributed by atoms with Gasteiger partial charge in [-0.05, 0) is 31.2 Å². The first-order valence-corrected chi connectivity index (χ1v) is 6.98. The fourth-order valence-electron chi connectivity index (χ4n) is 2.10. The number of aryl methyl sites for hydroxylation is 1. The smallest absolute Gasteiger partial charge is 0.160 e. The van der Waals surface area contributed by atoms with Crippen LogP contribution in [0.4, 0.5) is 0 Å². The fraction of sp³-hybridized carbons (Fsp3) is 0.286. The van der Waals surface area contributed by atoms with Crippen LogP contribution in [0.1, 0.15) is 4.88 Å². The Labute approximate surface area is 115 Å². The van der Waals surface area contributed by atoms with Crippen molar-refractivity contribution in [1.82, 2.24) is 14.5 Å². The van der Waals surface area contributed by atoms with E-state index in [1.165, 1.54) is 9.75 Å². The Morgan fingerprint density at radius 2 is 2.21 bits per heavy atom. The van der Waals surface area contributed by atoms with Crippen molar-refractivity contribution in [2.24, 2.45) is 0 Å². The molecule has 4 nitrogen and oxygen atoms in total. The molecule has 0 spiro atoms. The first-order valence-electron chi connectivity index (χ1n) is 6.16. The Hall–Kier alpha value is -1.72. The van der Waals surface area contributed by atoms with Crippen molar-refractivity contribution in [3.63, 3.8) is 0 Å². The van der Waals surface area contributed by atoms with Gasteiger partial charge in [-0.25, -0.2) is 9.97 Å². The number of hydrogen-bond acceptors (Lipinski definition) is 4. The van der Waals surface area contributed by atoms with Gasteiger partial charge < -0.3 is 9.30 Å². The number of methoxy groups -OCH3 is 1. The van der Waals surface area contributed by atoms with Gasteiger partial charge in [-0.2, -0.15) is 0 Å². The van der Waals surface area contributed by atoms with Crippen LogP contribution in [0.25, 0.3) is 21.9 Å². The number of nitrogens with zero attached hydrogens (tertiary/aromatic N) is 3. The quantitative estimate of drug-likeness (QED) is 0.733. The molecule has 0 atom stereocenters. The molecule has 0 fully saturated rings. The molecule has 3 aromatic rings. The van der Waals surface area contributed by atoms with Crippen molar-refractivity contribution < 1.29 is 4.74 Å². The van der Waals surface area contributed by atoms with E-state index in [1.54, 1.807) is 24.6 Å². The van der Waals surface area contributed by atoms with Crippen molar-refractivity contribution in [3.05, 3.63) is 35.3 Å². The minimum Gasteiger partial charge on any atom is -0.383 e. The average molecular weight is 273 g/mol. The van der Waals surface area contributed by atoms with E-state index in [-0.39, 0.29) is 0 Å². The van der Waals surface area contributed by atoms with E-state index in [4.69, 9.17) is 9.72 Å². The Morgan fingerprint density at radius 3 is 2.95 bits per heavy atom. The largest absolute Gasteiger partial charge is 0.383 e. The zero-order valence-corrected chi connectivity index (χ0v) is 11.8. The SMILES string of the molecule is COCCn1c(-c2ccc(C)s2)nc2cccnc21. The number of pyridine rings is 1. The summed E-state index contributed by atoms with van der Waals surface area (Å²) in [7, 11) is 1.71. The highest BCUT2D eigenvalue weighted by molar-refractivity contribution is 7.15. The summed E-state index contributed by atoms with van der Waals surface area (Å²) in [4.78, 5) is 11.6. The summed E-state index contributed by atoms with van der Waals surface area (Å²) < 4.78 is 7.32. The van der Waals surface area contributed by atoms with Gasteiger partial charge >= 0.3 is 0 Å². The van der Waals surface area contributed by atoms with E-state index in [0.29, 0.717) is 6.61 Å². The second-order valence-corrected chi connectivity index (χ2v) is 5.62. The van der Waals surface area contributed by atoms with Crippen molar-refractivity contribution in [3.8, 4) is 10.7 Å².